The van der Waals surface area contributed by atoms with Gasteiger partial charge in [-0.25, -0.2) is 0 Å². The Morgan fingerprint density at radius 1 is 1.62 bits per heavy atom. The van der Waals surface area contributed by atoms with E-state index in [9.17, 15) is 4.79 Å². The summed E-state index contributed by atoms with van der Waals surface area (Å²) in [5, 5.41) is 12.7. The number of carboxylic acid groups (broad SMARTS) is 1. The van der Waals surface area contributed by atoms with Crippen molar-refractivity contribution in [3.8, 4) is 0 Å². The second-order valence-electron chi connectivity index (χ2n) is 3.59. The summed E-state index contributed by atoms with van der Waals surface area (Å²) >= 11 is 4.99. The van der Waals surface area contributed by atoms with Gasteiger partial charge in [-0.2, -0.15) is 11.3 Å². The molecule has 0 saturated carbocycles. The third-order valence-electron chi connectivity index (χ3n) is 1.94. The molecule has 2 nitrogen and oxygen atoms in total. The molecule has 1 aromatic heterocycles. The maximum Gasteiger partial charge on any atom is 0.304 e. The van der Waals surface area contributed by atoms with Gasteiger partial charge in [0.1, 0.15) is 0 Å². The van der Waals surface area contributed by atoms with E-state index in [1.807, 2.05) is 24.6 Å². The monoisotopic (exact) mass is 262 g/mol. The molecule has 0 fully saturated rings. The van der Waals surface area contributed by atoms with Crippen molar-refractivity contribution in [3.63, 3.8) is 0 Å². The van der Waals surface area contributed by atoms with Crippen molar-refractivity contribution in [2.45, 2.75) is 25.7 Å². The van der Waals surface area contributed by atoms with E-state index >= 15 is 0 Å². The van der Waals surface area contributed by atoms with E-state index in [1.54, 1.807) is 11.3 Å². The topological polar surface area (TPSA) is 37.3 Å². The highest BCUT2D eigenvalue weighted by atomic mass is 79.9. The van der Waals surface area contributed by atoms with Gasteiger partial charge in [0.25, 0.3) is 0 Å². The Bertz CT molecular complexity index is 317. The molecule has 0 bridgehead atoms. The first-order valence-corrected chi connectivity index (χ1v) is 5.61. The van der Waals surface area contributed by atoms with E-state index in [4.69, 9.17) is 5.11 Å². The number of hydrogen-bond acceptors (Lipinski definition) is 2. The third kappa shape index (κ3) is 2.54. The van der Waals surface area contributed by atoms with Gasteiger partial charge in [0.15, 0.2) is 0 Å². The molecule has 0 radical (unpaired) electrons. The summed E-state index contributed by atoms with van der Waals surface area (Å²) in [4.78, 5) is 10.6. The molecule has 1 rings (SSSR count). The summed E-state index contributed by atoms with van der Waals surface area (Å²) in [5.74, 6) is -0.761. The van der Waals surface area contributed by atoms with Gasteiger partial charge in [-0.15, -0.1) is 0 Å². The van der Waals surface area contributed by atoms with Gasteiger partial charge in [-0.3, -0.25) is 4.79 Å². The van der Waals surface area contributed by atoms with Gasteiger partial charge in [0.2, 0.25) is 0 Å². The van der Waals surface area contributed by atoms with E-state index < -0.39 is 5.97 Å². The second kappa shape index (κ2) is 3.80. The van der Waals surface area contributed by atoms with Crippen LogP contribution in [0.4, 0.5) is 0 Å². The quantitative estimate of drug-likeness (QED) is 0.908. The number of carboxylic acids is 1. The highest BCUT2D eigenvalue weighted by Gasteiger charge is 2.26. The highest BCUT2D eigenvalue weighted by molar-refractivity contribution is 9.10. The zero-order valence-electron chi connectivity index (χ0n) is 7.50. The summed E-state index contributed by atoms with van der Waals surface area (Å²) in [7, 11) is 0. The molecule has 0 spiro atoms. The summed E-state index contributed by atoms with van der Waals surface area (Å²) < 4.78 is 1.00. The Hall–Kier alpha value is -0.350. The molecule has 1 heterocycles. The zero-order chi connectivity index (χ0) is 10.1. The molecule has 4 heteroatoms. The first-order chi connectivity index (χ1) is 5.93. The number of halogens is 1. The smallest absolute Gasteiger partial charge is 0.304 e. The molecule has 0 amide bonds. The predicted molar refractivity (Wildman–Crippen MR) is 57.3 cm³/mol. The Labute approximate surface area is 89.7 Å². The Kier molecular flexibility index (Phi) is 3.14. The molecule has 0 saturated heterocycles. The molecule has 1 N–H and O–H groups in total. The van der Waals surface area contributed by atoms with E-state index in [1.165, 1.54) is 0 Å². The van der Waals surface area contributed by atoms with Crippen molar-refractivity contribution in [1.82, 2.24) is 0 Å². The van der Waals surface area contributed by atoms with Gasteiger partial charge in [-0.1, -0.05) is 13.8 Å². The fraction of sp³-hybridized carbons (Fsp3) is 0.444. The molecule has 0 atom stereocenters. The van der Waals surface area contributed by atoms with Crippen molar-refractivity contribution in [3.05, 3.63) is 20.8 Å². The predicted octanol–water partition coefficient (Wildman–Crippen LogP) is 3.26. The first-order valence-electron chi connectivity index (χ1n) is 3.87. The SMILES string of the molecule is CC(C)(CC(=O)O)c1cscc1Br. The summed E-state index contributed by atoms with van der Waals surface area (Å²) in [6.07, 6.45) is 0.155. The molecule has 0 aliphatic heterocycles. The molecule has 13 heavy (non-hydrogen) atoms. The molecular weight excluding hydrogens is 252 g/mol. The van der Waals surface area contributed by atoms with Crippen LogP contribution in [0.25, 0.3) is 0 Å². The van der Waals surface area contributed by atoms with Crippen LogP contribution in [0.3, 0.4) is 0 Å². The van der Waals surface area contributed by atoms with E-state index in [2.05, 4.69) is 15.9 Å². The molecule has 0 unspecified atom stereocenters. The maximum absolute atomic E-state index is 10.6. The molecule has 0 aromatic carbocycles. The van der Waals surface area contributed by atoms with Crippen LogP contribution < -0.4 is 0 Å². The van der Waals surface area contributed by atoms with Gasteiger partial charge >= 0.3 is 5.97 Å². The molecular formula is C9H11BrO2S. The van der Waals surface area contributed by atoms with Gasteiger partial charge in [0, 0.05) is 15.3 Å². The van der Waals surface area contributed by atoms with Crippen LogP contribution >= 0.6 is 27.3 Å². The van der Waals surface area contributed by atoms with E-state index in [0.29, 0.717) is 0 Å². The third-order valence-corrected chi connectivity index (χ3v) is 3.64. The van der Waals surface area contributed by atoms with Crippen molar-refractivity contribution in [1.29, 1.82) is 0 Å². The molecule has 0 aliphatic carbocycles. The fourth-order valence-corrected chi connectivity index (χ4v) is 3.26. The zero-order valence-corrected chi connectivity index (χ0v) is 9.91. The minimum Gasteiger partial charge on any atom is -0.481 e. The lowest BCUT2D eigenvalue weighted by Gasteiger charge is -2.21. The fourth-order valence-electron chi connectivity index (χ4n) is 1.24. The van der Waals surface area contributed by atoms with Crippen molar-refractivity contribution in [2.24, 2.45) is 0 Å². The normalized spacial score (nSPS) is 11.6. The summed E-state index contributed by atoms with van der Waals surface area (Å²) in [6, 6.07) is 0. The lowest BCUT2D eigenvalue weighted by molar-refractivity contribution is -0.138. The van der Waals surface area contributed by atoms with Crippen LogP contribution in [0.2, 0.25) is 0 Å². The number of carbonyl (C=O) groups is 1. The van der Waals surface area contributed by atoms with Crippen LogP contribution in [0, 0.1) is 0 Å². The van der Waals surface area contributed by atoms with Gasteiger partial charge < -0.3 is 5.11 Å². The van der Waals surface area contributed by atoms with Crippen molar-refractivity contribution < 1.29 is 9.90 Å². The summed E-state index contributed by atoms with van der Waals surface area (Å²) in [6.45, 7) is 3.88. The lowest BCUT2D eigenvalue weighted by atomic mass is 9.83. The minimum atomic E-state index is -0.761. The number of thiophene rings is 1. The van der Waals surface area contributed by atoms with Crippen LogP contribution in [0.15, 0.2) is 15.2 Å². The van der Waals surface area contributed by atoms with E-state index in [0.717, 1.165) is 10.0 Å². The Balaban J connectivity index is 2.93. The summed E-state index contributed by atoms with van der Waals surface area (Å²) in [5.41, 5.74) is 0.768. The molecule has 0 aliphatic rings. The van der Waals surface area contributed by atoms with Crippen LogP contribution in [0.5, 0.6) is 0 Å². The van der Waals surface area contributed by atoms with Crippen LogP contribution in [-0.4, -0.2) is 11.1 Å². The maximum atomic E-state index is 10.6. The number of rotatable bonds is 3. The standard InChI is InChI=1S/C9H11BrO2S/c1-9(2,3-8(11)12)6-4-13-5-7(6)10/h4-5H,3H2,1-2H3,(H,11,12). The highest BCUT2D eigenvalue weighted by Crippen LogP contribution is 2.35. The van der Waals surface area contributed by atoms with Crippen molar-refractivity contribution in [2.75, 3.05) is 0 Å². The van der Waals surface area contributed by atoms with E-state index in [-0.39, 0.29) is 11.8 Å². The van der Waals surface area contributed by atoms with Crippen molar-refractivity contribution >= 4 is 33.2 Å². The Morgan fingerprint density at radius 3 is 2.62 bits per heavy atom. The number of aliphatic carboxylic acids is 1. The van der Waals surface area contributed by atoms with Crippen LogP contribution in [-0.2, 0) is 10.2 Å². The van der Waals surface area contributed by atoms with Gasteiger partial charge in [-0.05, 0) is 26.9 Å². The Morgan fingerprint density at radius 2 is 2.23 bits per heavy atom. The minimum absolute atomic E-state index is 0.155. The molecule has 1 aromatic rings. The average molecular weight is 263 g/mol. The molecule has 72 valence electrons. The second-order valence-corrected chi connectivity index (χ2v) is 5.19. The van der Waals surface area contributed by atoms with Crippen LogP contribution in [0.1, 0.15) is 25.8 Å². The lowest BCUT2D eigenvalue weighted by Crippen LogP contribution is -2.21. The first kappa shape index (κ1) is 10.7. The van der Waals surface area contributed by atoms with Gasteiger partial charge in [0.05, 0.1) is 6.42 Å². The average Bonchev–Trinajstić information content (AvgIpc) is 2.32. The number of hydrogen-bond donors (Lipinski definition) is 1. The largest absolute Gasteiger partial charge is 0.481 e.